The third-order valence-corrected chi connectivity index (χ3v) is 4.73. The van der Waals surface area contributed by atoms with Crippen molar-refractivity contribution in [3.8, 4) is 5.75 Å². The van der Waals surface area contributed by atoms with Gasteiger partial charge in [-0.2, -0.15) is 0 Å². The van der Waals surface area contributed by atoms with Crippen molar-refractivity contribution >= 4 is 40.6 Å². The van der Waals surface area contributed by atoms with Gasteiger partial charge in [-0.15, -0.1) is 0 Å². The number of aromatic hydroxyl groups is 1. The van der Waals surface area contributed by atoms with Crippen molar-refractivity contribution in [2.75, 3.05) is 6.54 Å². The molecular formula is C19H16N2O4S. The van der Waals surface area contributed by atoms with E-state index in [1.165, 1.54) is 28.8 Å². The molecule has 1 fully saturated rings. The Balaban J connectivity index is 2.00. The van der Waals surface area contributed by atoms with Gasteiger partial charge in [-0.05, 0) is 48.5 Å². The van der Waals surface area contributed by atoms with E-state index in [-0.39, 0.29) is 22.9 Å². The van der Waals surface area contributed by atoms with Crippen molar-refractivity contribution < 1.29 is 19.8 Å². The van der Waals surface area contributed by atoms with Gasteiger partial charge in [-0.1, -0.05) is 30.3 Å². The first-order valence-electron chi connectivity index (χ1n) is 7.91. The molecule has 0 bridgehead atoms. The summed E-state index contributed by atoms with van der Waals surface area (Å²) in [6, 6.07) is 13.4. The molecule has 2 N–H and O–H groups in total. The van der Waals surface area contributed by atoms with Gasteiger partial charge in [0.1, 0.15) is 5.75 Å². The van der Waals surface area contributed by atoms with Crippen LogP contribution >= 0.6 is 11.8 Å². The van der Waals surface area contributed by atoms with Gasteiger partial charge in [-0.25, -0.2) is 9.79 Å². The van der Waals surface area contributed by atoms with E-state index in [0.29, 0.717) is 16.6 Å². The van der Waals surface area contributed by atoms with E-state index in [4.69, 9.17) is 0 Å². The average molecular weight is 368 g/mol. The molecular weight excluding hydrogens is 352 g/mol. The number of carbonyl (C=O) groups is 2. The number of amidine groups is 1. The number of aliphatic imine (C=N–C) groups is 1. The average Bonchev–Trinajstić information content (AvgIpc) is 2.91. The van der Waals surface area contributed by atoms with Crippen LogP contribution in [0.25, 0.3) is 6.08 Å². The van der Waals surface area contributed by atoms with Crippen molar-refractivity contribution in [3.63, 3.8) is 0 Å². The van der Waals surface area contributed by atoms with Gasteiger partial charge in [0.25, 0.3) is 5.91 Å². The SMILES string of the molecule is CCN1C(=O)/C(=C/c2ccccc2)SC1=Nc1ccc(O)cc1C(=O)O. The lowest BCUT2D eigenvalue weighted by molar-refractivity contribution is -0.122. The lowest BCUT2D eigenvalue weighted by Gasteiger charge is -2.12. The molecule has 0 aromatic heterocycles. The van der Waals surface area contributed by atoms with E-state index >= 15 is 0 Å². The summed E-state index contributed by atoms with van der Waals surface area (Å²) < 4.78 is 0. The Labute approximate surface area is 154 Å². The van der Waals surface area contributed by atoms with Gasteiger partial charge in [0.2, 0.25) is 0 Å². The third-order valence-electron chi connectivity index (χ3n) is 3.73. The van der Waals surface area contributed by atoms with Crippen LogP contribution in [0.3, 0.4) is 0 Å². The Bertz CT molecular complexity index is 922. The number of carboxylic acids is 1. The van der Waals surface area contributed by atoms with Crippen molar-refractivity contribution in [2.45, 2.75) is 6.92 Å². The van der Waals surface area contributed by atoms with Crippen LogP contribution in [0.1, 0.15) is 22.8 Å². The Morgan fingerprint density at radius 1 is 1.23 bits per heavy atom. The zero-order valence-corrected chi connectivity index (χ0v) is 14.7. The largest absolute Gasteiger partial charge is 0.508 e. The fraction of sp³-hybridized carbons (Fsp3) is 0.105. The van der Waals surface area contributed by atoms with E-state index < -0.39 is 5.97 Å². The Morgan fingerprint density at radius 2 is 1.96 bits per heavy atom. The molecule has 0 radical (unpaired) electrons. The van der Waals surface area contributed by atoms with Crippen LogP contribution in [0.2, 0.25) is 0 Å². The number of phenols is 1. The van der Waals surface area contributed by atoms with Crippen molar-refractivity contribution in [1.82, 2.24) is 4.90 Å². The van der Waals surface area contributed by atoms with Crippen LogP contribution in [0, 0.1) is 0 Å². The number of aromatic carboxylic acids is 1. The van der Waals surface area contributed by atoms with Crippen LogP contribution in [-0.4, -0.2) is 38.7 Å². The number of nitrogens with zero attached hydrogens (tertiary/aromatic N) is 2. The molecule has 132 valence electrons. The number of hydrogen-bond acceptors (Lipinski definition) is 5. The Hall–Kier alpha value is -3.06. The quantitative estimate of drug-likeness (QED) is 0.803. The summed E-state index contributed by atoms with van der Waals surface area (Å²) in [5.41, 5.74) is 0.962. The van der Waals surface area contributed by atoms with Crippen LogP contribution < -0.4 is 0 Å². The number of carboxylic acid groups (broad SMARTS) is 1. The Morgan fingerprint density at radius 3 is 2.62 bits per heavy atom. The molecule has 1 saturated heterocycles. The number of amides is 1. The molecule has 2 aromatic rings. The number of carbonyl (C=O) groups excluding carboxylic acids is 1. The highest BCUT2D eigenvalue weighted by molar-refractivity contribution is 8.18. The highest BCUT2D eigenvalue weighted by Gasteiger charge is 2.32. The molecule has 3 rings (SSSR count). The van der Waals surface area contributed by atoms with Crippen molar-refractivity contribution in [3.05, 3.63) is 64.6 Å². The molecule has 1 aliphatic rings. The van der Waals surface area contributed by atoms with Gasteiger partial charge in [0.15, 0.2) is 5.17 Å². The number of hydrogen-bond donors (Lipinski definition) is 2. The molecule has 0 unspecified atom stereocenters. The third kappa shape index (κ3) is 3.62. The molecule has 26 heavy (non-hydrogen) atoms. The van der Waals surface area contributed by atoms with Gasteiger partial charge in [-0.3, -0.25) is 9.69 Å². The molecule has 0 saturated carbocycles. The molecule has 6 nitrogen and oxygen atoms in total. The van der Waals surface area contributed by atoms with Crippen LogP contribution in [0.15, 0.2) is 58.4 Å². The highest BCUT2D eigenvalue weighted by Crippen LogP contribution is 2.35. The summed E-state index contributed by atoms with van der Waals surface area (Å²) in [6.45, 7) is 2.24. The smallest absolute Gasteiger partial charge is 0.338 e. The monoisotopic (exact) mass is 368 g/mol. The standard InChI is InChI=1S/C19H16N2O4S/c1-2-21-17(23)16(10-12-6-4-3-5-7-12)26-19(21)20-15-9-8-13(22)11-14(15)18(24)25/h3-11,22H,2H2,1H3,(H,24,25)/b16-10-,20-19?. The molecule has 7 heteroatoms. The number of likely N-dealkylation sites (N-methyl/N-ethyl adjacent to an activating group) is 1. The minimum Gasteiger partial charge on any atom is -0.508 e. The Kier molecular flexibility index (Phi) is 5.09. The molecule has 0 aliphatic carbocycles. The minimum atomic E-state index is -1.20. The van der Waals surface area contributed by atoms with Gasteiger partial charge in [0, 0.05) is 6.54 Å². The van der Waals surface area contributed by atoms with Gasteiger partial charge in [0.05, 0.1) is 16.2 Å². The maximum atomic E-state index is 12.6. The van der Waals surface area contributed by atoms with Crippen LogP contribution in [0.4, 0.5) is 5.69 Å². The van der Waals surface area contributed by atoms with Crippen LogP contribution in [-0.2, 0) is 4.79 Å². The molecule has 0 atom stereocenters. The van der Waals surface area contributed by atoms with Crippen molar-refractivity contribution in [2.24, 2.45) is 4.99 Å². The van der Waals surface area contributed by atoms with E-state index in [1.807, 2.05) is 37.3 Å². The fourth-order valence-electron chi connectivity index (χ4n) is 2.47. The number of rotatable bonds is 4. The van der Waals surface area contributed by atoms with E-state index in [9.17, 15) is 19.8 Å². The molecule has 0 spiro atoms. The first kappa shape index (κ1) is 17.8. The van der Waals surface area contributed by atoms with E-state index in [0.717, 1.165) is 11.6 Å². The van der Waals surface area contributed by atoms with Gasteiger partial charge < -0.3 is 10.2 Å². The molecule has 2 aromatic carbocycles. The minimum absolute atomic E-state index is 0.123. The summed E-state index contributed by atoms with van der Waals surface area (Å²) >= 11 is 1.20. The normalized spacial score (nSPS) is 17.3. The maximum absolute atomic E-state index is 12.6. The molecule has 1 aliphatic heterocycles. The summed E-state index contributed by atoms with van der Waals surface area (Å²) in [4.78, 5) is 30.4. The molecule has 1 heterocycles. The summed E-state index contributed by atoms with van der Waals surface area (Å²) in [7, 11) is 0. The highest BCUT2D eigenvalue weighted by atomic mass is 32.2. The van der Waals surface area contributed by atoms with E-state index in [2.05, 4.69) is 4.99 Å². The number of phenolic OH excluding ortho intramolecular Hbond substituents is 1. The first-order valence-corrected chi connectivity index (χ1v) is 8.72. The maximum Gasteiger partial charge on any atom is 0.338 e. The predicted octanol–water partition coefficient (Wildman–Crippen LogP) is 3.71. The molecule has 1 amide bonds. The lowest BCUT2D eigenvalue weighted by atomic mass is 10.2. The summed E-state index contributed by atoms with van der Waals surface area (Å²) in [5, 5.41) is 19.2. The fourth-order valence-corrected chi connectivity index (χ4v) is 3.52. The zero-order chi connectivity index (χ0) is 18.7. The topological polar surface area (TPSA) is 90.2 Å². The lowest BCUT2D eigenvalue weighted by Crippen LogP contribution is -2.28. The first-order chi connectivity index (χ1) is 12.5. The summed E-state index contributed by atoms with van der Waals surface area (Å²) in [5.74, 6) is -1.52. The van der Waals surface area contributed by atoms with Gasteiger partial charge >= 0.3 is 5.97 Å². The number of benzene rings is 2. The summed E-state index contributed by atoms with van der Waals surface area (Å²) in [6.07, 6.45) is 1.78. The second-order valence-electron chi connectivity index (χ2n) is 5.47. The van der Waals surface area contributed by atoms with Crippen molar-refractivity contribution in [1.29, 1.82) is 0 Å². The second-order valence-corrected chi connectivity index (χ2v) is 6.48. The zero-order valence-electron chi connectivity index (χ0n) is 13.9. The predicted molar refractivity (Wildman–Crippen MR) is 102 cm³/mol. The number of thioether (sulfide) groups is 1. The van der Waals surface area contributed by atoms with E-state index in [1.54, 1.807) is 6.08 Å². The van der Waals surface area contributed by atoms with Crippen LogP contribution in [0.5, 0.6) is 5.75 Å². The second kappa shape index (κ2) is 7.45.